The summed E-state index contributed by atoms with van der Waals surface area (Å²) < 4.78 is 11.4. The highest BCUT2D eigenvalue weighted by Crippen LogP contribution is 2.24. The van der Waals surface area contributed by atoms with E-state index in [1.165, 1.54) is 0 Å². The maximum Gasteiger partial charge on any atom is 0.191 e. The van der Waals surface area contributed by atoms with Crippen LogP contribution in [0.1, 0.15) is 17.0 Å². The molecule has 0 unspecified atom stereocenters. The van der Waals surface area contributed by atoms with Gasteiger partial charge in [-0.25, -0.2) is 0 Å². The molecule has 0 aliphatic rings. The molecule has 0 fully saturated rings. The van der Waals surface area contributed by atoms with Crippen molar-refractivity contribution < 1.29 is 8.94 Å². The smallest absolute Gasteiger partial charge is 0.191 e. The van der Waals surface area contributed by atoms with Gasteiger partial charge in [-0.05, 0) is 13.0 Å². The minimum atomic E-state index is 0. The molecular formula is C22H23IN4O2. The molecule has 0 spiro atoms. The van der Waals surface area contributed by atoms with Gasteiger partial charge in [0, 0.05) is 29.6 Å². The first kappa shape index (κ1) is 20.9. The Bertz CT molecular complexity index is 1100. The van der Waals surface area contributed by atoms with Gasteiger partial charge in [0.2, 0.25) is 0 Å². The van der Waals surface area contributed by atoms with Gasteiger partial charge in [0.15, 0.2) is 11.7 Å². The normalized spacial score (nSPS) is 11.3. The predicted molar refractivity (Wildman–Crippen MR) is 125 cm³/mol. The van der Waals surface area contributed by atoms with E-state index in [4.69, 9.17) is 8.94 Å². The molecule has 7 heteroatoms. The van der Waals surface area contributed by atoms with E-state index in [9.17, 15) is 0 Å². The van der Waals surface area contributed by atoms with Crippen LogP contribution in [0.4, 0.5) is 0 Å². The van der Waals surface area contributed by atoms with E-state index in [0.29, 0.717) is 19.0 Å². The summed E-state index contributed by atoms with van der Waals surface area (Å²) in [6.07, 6.45) is 0. The molecule has 150 valence electrons. The van der Waals surface area contributed by atoms with E-state index in [-0.39, 0.29) is 24.0 Å². The molecule has 2 heterocycles. The van der Waals surface area contributed by atoms with Crippen LogP contribution >= 0.6 is 24.0 Å². The van der Waals surface area contributed by atoms with E-state index < -0.39 is 0 Å². The summed E-state index contributed by atoms with van der Waals surface area (Å²) in [5.41, 5.74) is 3.85. The molecule has 2 N–H and O–H groups in total. The zero-order chi connectivity index (χ0) is 19.3. The number of aromatic nitrogens is 1. The second kappa shape index (κ2) is 9.60. The molecule has 0 aliphatic heterocycles. The zero-order valence-corrected chi connectivity index (χ0v) is 18.6. The van der Waals surface area contributed by atoms with Crippen molar-refractivity contribution in [3.63, 3.8) is 0 Å². The number of hydrogen-bond acceptors (Lipinski definition) is 4. The molecule has 4 aromatic rings. The monoisotopic (exact) mass is 502 g/mol. The molecule has 0 saturated heterocycles. The van der Waals surface area contributed by atoms with Crippen LogP contribution in [0.15, 0.2) is 74.6 Å². The van der Waals surface area contributed by atoms with Gasteiger partial charge in [0.05, 0.1) is 13.1 Å². The van der Waals surface area contributed by atoms with Crippen LogP contribution in [-0.2, 0) is 13.1 Å². The summed E-state index contributed by atoms with van der Waals surface area (Å²) in [4.78, 5) is 4.26. The quantitative estimate of drug-likeness (QED) is 0.231. The number of nitrogens with zero attached hydrogens (tertiary/aromatic N) is 2. The lowest BCUT2D eigenvalue weighted by molar-refractivity contribution is 0.422. The summed E-state index contributed by atoms with van der Waals surface area (Å²) in [5.74, 6) is 2.32. The average Bonchev–Trinajstić information content (AvgIpc) is 3.34. The first-order valence-electron chi connectivity index (χ1n) is 9.17. The molecule has 2 aromatic heterocycles. The van der Waals surface area contributed by atoms with Gasteiger partial charge in [-0.1, -0.05) is 53.7 Å². The number of halogens is 1. The fraction of sp³-hybridized carbons (Fsp3) is 0.182. The molecule has 0 amide bonds. The number of guanidine groups is 1. The average molecular weight is 502 g/mol. The summed E-state index contributed by atoms with van der Waals surface area (Å²) in [7, 11) is 1.74. The number of benzene rings is 2. The van der Waals surface area contributed by atoms with Crippen LogP contribution in [0.2, 0.25) is 0 Å². The predicted octanol–water partition coefficient (Wildman–Crippen LogP) is 4.88. The van der Waals surface area contributed by atoms with Crippen LogP contribution in [0.25, 0.3) is 22.3 Å². The lowest BCUT2D eigenvalue weighted by atomic mass is 10.1. The van der Waals surface area contributed by atoms with Crippen LogP contribution in [0, 0.1) is 6.92 Å². The fourth-order valence-electron chi connectivity index (χ4n) is 3.09. The third-order valence-corrected chi connectivity index (χ3v) is 4.64. The molecule has 0 radical (unpaired) electrons. The van der Waals surface area contributed by atoms with Crippen molar-refractivity contribution in [1.82, 2.24) is 15.8 Å². The van der Waals surface area contributed by atoms with Crippen molar-refractivity contribution in [2.24, 2.45) is 4.99 Å². The van der Waals surface area contributed by atoms with Gasteiger partial charge < -0.3 is 19.6 Å². The number of para-hydroxylation sites is 1. The molecule has 0 bridgehead atoms. The Labute approximate surface area is 186 Å². The number of fused-ring (bicyclic) bond motifs is 1. The van der Waals surface area contributed by atoms with Crippen molar-refractivity contribution in [1.29, 1.82) is 0 Å². The van der Waals surface area contributed by atoms with Crippen LogP contribution in [0.5, 0.6) is 0 Å². The third-order valence-electron chi connectivity index (χ3n) is 4.64. The lowest BCUT2D eigenvalue weighted by Gasteiger charge is -2.09. The Kier molecular flexibility index (Phi) is 6.92. The zero-order valence-electron chi connectivity index (χ0n) is 16.3. The fourth-order valence-corrected chi connectivity index (χ4v) is 3.09. The van der Waals surface area contributed by atoms with Gasteiger partial charge in [0.1, 0.15) is 17.0 Å². The largest absolute Gasteiger partial charge is 0.459 e. The Morgan fingerprint density at radius 2 is 1.72 bits per heavy atom. The SMILES string of the molecule is CN=C(NCc1cc(-c2ccccc2)on1)NCc1oc2ccccc2c1C.I. The molecule has 29 heavy (non-hydrogen) atoms. The van der Waals surface area contributed by atoms with Crippen molar-refractivity contribution in [3.05, 3.63) is 77.7 Å². The summed E-state index contributed by atoms with van der Waals surface area (Å²) >= 11 is 0. The Hall–Kier alpha value is -2.81. The topological polar surface area (TPSA) is 75.6 Å². The molecule has 4 rings (SSSR count). The summed E-state index contributed by atoms with van der Waals surface area (Å²) in [5, 5.41) is 11.8. The van der Waals surface area contributed by atoms with Crippen LogP contribution < -0.4 is 10.6 Å². The maximum atomic E-state index is 5.94. The summed E-state index contributed by atoms with van der Waals surface area (Å²) in [6.45, 7) is 3.13. The van der Waals surface area contributed by atoms with E-state index in [1.807, 2.05) is 54.6 Å². The van der Waals surface area contributed by atoms with E-state index in [2.05, 4.69) is 33.8 Å². The molecule has 2 aromatic carbocycles. The molecular weight excluding hydrogens is 479 g/mol. The highest BCUT2D eigenvalue weighted by atomic mass is 127. The van der Waals surface area contributed by atoms with Gasteiger partial charge in [-0.3, -0.25) is 4.99 Å². The highest BCUT2D eigenvalue weighted by Gasteiger charge is 2.11. The lowest BCUT2D eigenvalue weighted by Crippen LogP contribution is -2.36. The van der Waals surface area contributed by atoms with Gasteiger partial charge in [-0.2, -0.15) is 0 Å². The molecule has 0 saturated carbocycles. The summed E-state index contributed by atoms with van der Waals surface area (Å²) in [6, 6.07) is 19.9. The number of nitrogens with one attached hydrogen (secondary N) is 2. The Balaban J connectivity index is 0.00000240. The number of hydrogen-bond donors (Lipinski definition) is 2. The number of aliphatic imine (C=N–C) groups is 1. The highest BCUT2D eigenvalue weighted by molar-refractivity contribution is 14.0. The van der Waals surface area contributed by atoms with Gasteiger partial charge in [0.25, 0.3) is 0 Å². The molecule has 0 atom stereocenters. The number of aryl methyl sites for hydroxylation is 1. The van der Waals surface area contributed by atoms with Crippen LogP contribution in [0.3, 0.4) is 0 Å². The van der Waals surface area contributed by atoms with E-state index in [1.54, 1.807) is 7.05 Å². The second-order valence-electron chi connectivity index (χ2n) is 6.47. The molecule has 0 aliphatic carbocycles. The standard InChI is InChI=1S/C22H22N4O2.HI/c1-15-18-10-6-7-11-19(18)27-21(15)14-25-22(23-2)24-13-17-12-20(28-26-17)16-8-4-3-5-9-16;/h3-12H,13-14H2,1-2H3,(H2,23,24,25);1H. The Morgan fingerprint density at radius 3 is 2.48 bits per heavy atom. The van der Waals surface area contributed by atoms with Crippen molar-refractivity contribution in [2.75, 3.05) is 7.05 Å². The van der Waals surface area contributed by atoms with Crippen molar-refractivity contribution >= 4 is 40.9 Å². The van der Waals surface area contributed by atoms with Crippen LogP contribution in [-0.4, -0.2) is 18.2 Å². The minimum Gasteiger partial charge on any atom is -0.459 e. The van der Waals surface area contributed by atoms with E-state index in [0.717, 1.165) is 39.3 Å². The van der Waals surface area contributed by atoms with Gasteiger partial charge >= 0.3 is 0 Å². The van der Waals surface area contributed by atoms with Crippen molar-refractivity contribution in [2.45, 2.75) is 20.0 Å². The van der Waals surface area contributed by atoms with Gasteiger partial charge in [-0.15, -0.1) is 24.0 Å². The minimum absolute atomic E-state index is 0. The Morgan fingerprint density at radius 1 is 1.00 bits per heavy atom. The van der Waals surface area contributed by atoms with E-state index >= 15 is 0 Å². The first-order valence-corrected chi connectivity index (χ1v) is 9.17. The third kappa shape index (κ3) is 4.79. The number of rotatable bonds is 5. The maximum absolute atomic E-state index is 5.94. The first-order chi connectivity index (χ1) is 13.7. The van der Waals surface area contributed by atoms with Crippen molar-refractivity contribution in [3.8, 4) is 11.3 Å². The number of furan rings is 1. The molecule has 6 nitrogen and oxygen atoms in total. The second-order valence-corrected chi connectivity index (χ2v) is 6.47.